The Morgan fingerprint density at radius 1 is 1.15 bits per heavy atom. The van der Waals surface area contributed by atoms with Gasteiger partial charge in [0.15, 0.2) is 9.84 Å². The number of hydrogen-bond donors (Lipinski definition) is 1. The molecule has 20 heavy (non-hydrogen) atoms. The molecule has 0 spiro atoms. The molecule has 0 aliphatic rings. The van der Waals surface area contributed by atoms with Gasteiger partial charge in [-0.25, -0.2) is 8.42 Å². The van der Waals surface area contributed by atoms with Gasteiger partial charge in [0.2, 0.25) is 0 Å². The van der Waals surface area contributed by atoms with Gasteiger partial charge in [0, 0.05) is 24.5 Å². The van der Waals surface area contributed by atoms with Crippen LogP contribution >= 0.6 is 0 Å². The Hall–Kier alpha value is -1.07. The summed E-state index contributed by atoms with van der Waals surface area (Å²) in [6, 6.07) is 7.33. The topological polar surface area (TPSA) is 49.4 Å². The Bertz CT molecular complexity index is 497. The number of likely N-dealkylation sites (N-methyl/N-ethyl adjacent to an activating group) is 1. The highest BCUT2D eigenvalue weighted by molar-refractivity contribution is 7.90. The Balaban J connectivity index is 2.78. The Kier molecular flexibility index (Phi) is 6.02. The van der Waals surface area contributed by atoms with E-state index in [1.165, 1.54) is 6.26 Å². The van der Waals surface area contributed by atoms with E-state index in [4.69, 9.17) is 0 Å². The third-order valence-electron chi connectivity index (χ3n) is 2.99. The predicted molar refractivity (Wildman–Crippen MR) is 85.0 cm³/mol. The quantitative estimate of drug-likeness (QED) is 0.840. The number of nitrogens with zero attached hydrogens (tertiary/aromatic N) is 1. The lowest BCUT2D eigenvalue weighted by molar-refractivity contribution is 0.356. The summed E-state index contributed by atoms with van der Waals surface area (Å²) >= 11 is 0. The molecule has 0 saturated carbocycles. The normalized spacial score (nSPS) is 13.8. The van der Waals surface area contributed by atoms with Crippen molar-refractivity contribution in [1.29, 1.82) is 0 Å². The van der Waals surface area contributed by atoms with Crippen molar-refractivity contribution >= 4 is 15.5 Å². The van der Waals surface area contributed by atoms with Gasteiger partial charge in [-0.05, 0) is 50.7 Å². The van der Waals surface area contributed by atoms with Gasteiger partial charge in [-0.1, -0.05) is 13.8 Å². The van der Waals surface area contributed by atoms with Crippen LogP contribution in [0.15, 0.2) is 29.2 Å². The second kappa shape index (κ2) is 7.09. The maximum Gasteiger partial charge on any atom is 0.175 e. The molecule has 0 fully saturated rings. The van der Waals surface area contributed by atoms with Gasteiger partial charge in [0.1, 0.15) is 0 Å². The fourth-order valence-corrected chi connectivity index (χ4v) is 2.85. The molecule has 114 valence electrons. The molecule has 1 aromatic rings. The van der Waals surface area contributed by atoms with Crippen molar-refractivity contribution in [2.45, 2.75) is 31.2 Å². The number of rotatable bonds is 7. The van der Waals surface area contributed by atoms with Crippen LogP contribution in [0.1, 0.15) is 20.3 Å². The van der Waals surface area contributed by atoms with Gasteiger partial charge in [0.05, 0.1) is 4.90 Å². The first-order valence-corrected chi connectivity index (χ1v) is 8.79. The van der Waals surface area contributed by atoms with Gasteiger partial charge < -0.3 is 10.2 Å². The standard InChI is InChI=1S/C15H26N2O2S/c1-12(2)10-14(11-17(3)4)16-13-6-8-15(9-7-13)20(5,18)19/h6-9,12,14,16H,10-11H2,1-5H3. The number of hydrogen-bond acceptors (Lipinski definition) is 4. The molecule has 0 bridgehead atoms. The number of anilines is 1. The molecule has 0 saturated heterocycles. The van der Waals surface area contributed by atoms with Crippen molar-refractivity contribution in [2.24, 2.45) is 5.92 Å². The maximum atomic E-state index is 11.4. The van der Waals surface area contributed by atoms with E-state index in [1.54, 1.807) is 12.1 Å². The molecule has 0 radical (unpaired) electrons. The molecule has 0 aliphatic carbocycles. The van der Waals surface area contributed by atoms with Crippen molar-refractivity contribution in [1.82, 2.24) is 4.90 Å². The van der Waals surface area contributed by atoms with Gasteiger partial charge >= 0.3 is 0 Å². The van der Waals surface area contributed by atoms with Crippen LogP contribution in [-0.4, -0.2) is 46.3 Å². The van der Waals surface area contributed by atoms with E-state index in [1.807, 2.05) is 12.1 Å². The lowest BCUT2D eigenvalue weighted by Gasteiger charge is -2.25. The summed E-state index contributed by atoms with van der Waals surface area (Å²) in [6.07, 6.45) is 2.30. The van der Waals surface area contributed by atoms with Crippen LogP contribution < -0.4 is 5.32 Å². The van der Waals surface area contributed by atoms with Crippen LogP contribution in [0.3, 0.4) is 0 Å². The van der Waals surface area contributed by atoms with E-state index >= 15 is 0 Å². The minimum atomic E-state index is -3.12. The first-order chi connectivity index (χ1) is 9.18. The van der Waals surface area contributed by atoms with Crippen LogP contribution in [0.25, 0.3) is 0 Å². The van der Waals surface area contributed by atoms with Crippen LogP contribution in [0, 0.1) is 5.92 Å². The predicted octanol–water partition coefficient (Wildman–Crippen LogP) is 2.48. The van der Waals surface area contributed by atoms with Crippen molar-refractivity contribution in [2.75, 3.05) is 32.2 Å². The summed E-state index contributed by atoms with van der Waals surface area (Å²) in [4.78, 5) is 2.52. The zero-order valence-corrected chi connectivity index (χ0v) is 13.9. The number of benzene rings is 1. The van der Waals surface area contributed by atoms with Crippen molar-refractivity contribution in [3.63, 3.8) is 0 Å². The molecular weight excluding hydrogens is 272 g/mol. The van der Waals surface area contributed by atoms with E-state index in [-0.39, 0.29) is 0 Å². The zero-order chi connectivity index (χ0) is 15.3. The van der Waals surface area contributed by atoms with Crippen molar-refractivity contribution < 1.29 is 8.42 Å². The maximum absolute atomic E-state index is 11.4. The molecule has 0 aromatic heterocycles. The van der Waals surface area contributed by atoms with Crippen LogP contribution in [0.4, 0.5) is 5.69 Å². The second-order valence-corrected chi connectivity index (χ2v) is 8.05. The highest BCUT2D eigenvalue weighted by Gasteiger charge is 2.12. The van der Waals surface area contributed by atoms with E-state index in [9.17, 15) is 8.42 Å². The average Bonchev–Trinajstić information content (AvgIpc) is 2.26. The molecule has 0 amide bonds. The highest BCUT2D eigenvalue weighted by Crippen LogP contribution is 2.17. The Labute approximate surface area is 123 Å². The SMILES string of the molecule is CC(C)CC(CN(C)C)Nc1ccc(S(C)(=O)=O)cc1. The lowest BCUT2D eigenvalue weighted by atomic mass is 10.0. The number of nitrogens with one attached hydrogen (secondary N) is 1. The largest absolute Gasteiger partial charge is 0.381 e. The molecule has 4 nitrogen and oxygen atoms in total. The van der Waals surface area contributed by atoms with Crippen molar-refractivity contribution in [3.05, 3.63) is 24.3 Å². The molecule has 1 rings (SSSR count). The summed E-state index contributed by atoms with van der Waals surface area (Å²) in [5.74, 6) is 0.614. The zero-order valence-electron chi connectivity index (χ0n) is 13.1. The summed E-state index contributed by atoms with van der Waals surface area (Å²) in [5, 5.41) is 3.48. The summed E-state index contributed by atoms with van der Waals surface area (Å²) in [6.45, 7) is 5.36. The average molecular weight is 298 g/mol. The van der Waals surface area contributed by atoms with Gasteiger partial charge in [-0.15, -0.1) is 0 Å². The van der Waals surface area contributed by atoms with E-state index in [0.717, 1.165) is 18.7 Å². The van der Waals surface area contributed by atoms with E-state index < -0.39 is 9.84 Å². The summed E-state index contributed by atoms with van der Waals surface area (Å²) in [7, 11) is 0.993. The van der Waals surface area contributed by atoms with Gasteiger partial charge in [-0.3, -0.25) is 0 Å². The number of sulfone groups is 1. The Morgan fingerprint density at radius 2 is 1.70 bits per heavy atom. The third-order valence-corrected chi connectivity index (χ3v) is 4.12. The molecular formula is C15H26N2O2S. The fraction of sp³-hybridized carbons (Fsp3) is 0.600. The van der Waals surface area contributed by atoms with E-state index in [2.05, 4.69) is 38.2 Å². The van der Waals surface area contributed by atoms with Crippen LogP contribution in [-0.2, 0) is 9.84 Å². The molecule has 1 atom stereocenters. The van der Waals surface area contributed by atoms with Crippen LogP contribution in [0.2, 0.25) is 0 Å². The van der Waals surface area contributed by atoms with Gasteiger partial charge in [0.25, 0.3) is 0 Å². The molecule has 0 aliphatic heterocycles. The van der Waals surface area contributed by atoms with Crippen molar-refractivity contribution in [3.8, 4) is 0 Å². The summed E-state index contributed by atoms with van der Waals surface area (Å²) in [5.41, 5.74) is 0.963. The minimum absolute atomic E-state index is 0.356. The molecule has 1 unspecified atom stereocenters. The highest BCUT2D eigenvalue weighted by atomic mass is 32.2. The minimum Gasteiger partial charge on any atom is -0.381 e. The molecule has 1 aromatic carbocycles. The second-order valence-electron chi connectivity index (χ2n) is 6.03. The first-order valence-electron chi connectivity index (χ1n) is 6.90. The van der Waals surface area contributed by atoms with Crippen LogP contribution in [0.5, 0.6) is 0 Å². The Morgan fingerprint density at radius 3 is 2.10 bits per heavy atom. The smallest absolute Gasteiger partial charge is 0.175 e. The third kappa shape index (κ3) is 5.92. The van der Waals surface area contributed by atoms with E-state index in [0.29, 0.717) is 16.9 Å². The summed E-state index contributed by atoms with van der Waals surface area (Å²) < 4.78 is 22.9. The fourth-order valence-electron chi connectivity index (χ4n) is 2.22. The molecule has 1 N–H and O–H groups in total. The monoisotopic (exact) mass is 298 g/mol. The molecule has 5 heteroatoms. The first kappa shape index (κ1) is 17.0. The lowest BCUT2D eigenvalue weighted by Crippen LogP contribution is -2.33. The van der Waals surface area contributed by atoms with Gasteiger partial charge in [-0.2, -0.15) is 0 Å². The molecule has 0 heterocycles.